The number of rotatable bonds is 2. The lowest BCUT2D eigenvalue weighted by atomic mass is 10.1. The van der Waals surface area contributed by atoms with Gasteiger partial charge >= 0.3 is 0 Å². The molecule has 1 atom stereocenters. The molecule has 0 saturated carbocycles. The van der Waals surface area contributed by atoms with Gasteiger partial charge in [0.1, 0.15) is 0 Å². The summed E-state index contributed by atoms with van der Waals surface area (Å²) in [5.74, 6) is 0. The predicted octanol–water partition coefficient (Wildman–Crippen LogP) is 2.98. The summed E-state index contributed by atoms with van der Waals surface area (Å²) < 4.78 is 0.956. The fourth-order valence-corrected chi connectivity index (χ4v) is 1.52. The highest BCUT2D eigenvalue weighted by molar-refractivity contribution is 9.10. The molecular formula is C10H11BrO. The monoisotopic (exact) mass is 226 g/mol. The lowest BCUT2D eigenvalue weighted by Crippen LogP contribution is -1.94. The molecule has 0 spiro atoms. The molecule has 0 fully saturated rings. The van der Waals surface area contributed by atoms with Crippen LogP contribution in [0.4, 0.5) is 0 Å². The summed E-state index contributed by atoms with van der Waals surface area (Å²) in [5.41, 5.74) is 1.98. The van der Waals surface area contributed by atoms with Crippen LogP contribution in [-0.4, -0.2) is 5.11 Å². The zero-order chi connectivity index (χ0) is 9.14. The number of aliphatic hydroxyl groups excluding tert-OH is 1. The second-order valence-corrected chi connectivity index (χ2v) is 3.45. The molecule has 0 saturated heterocycles. The molecular weight excluding hydrogens is 216 g/mol. The maximum Gasteiger partial charge on any atom is 0.0980 e. The van der Waals surface area contributed by atoms with Gasteiger partial charge in [-0.2, -0.15) is 0 Å². The minimum atomic E-state index is -0.584. The van der Waals surface area contributed by atoms with E-state index in [0.29, 0.717) is 0 Å². The van der Waals surface area contributed by atoms with Gasteiger partial charge in [0.2, 0.25) is 0 Å². The van der Waals surface area contributed by atoms with Crippen molar-refractivity contribution in [1.82, 2.24) is 0 Å². The summed E-state index contributed by atoms with van der Waals surface area (Å²) in [5, 5.41) is 9.49. The molecule has 1 aromatic carbocycles. The first kappa shape index (κ1) is 9.49. The van der Waals surface area contributed by atoms with Crippen molar-refractivity contribution in [3.63, 3.8) is 0 Å². The molecule has 1 nitrogen and oxygen atoms in total. The number of halogens is 1. The maximum absolute atomic E-state index is 9.49. The molecule has 1 rings (SSSR count). The second kappa shape index (κ2) is 3.87. The summed E-state index contributed by atoms with van der Waals surface area (Å²) in [4.78, 5) is 0. The Hall–Kier alpha value is -0.600. The zero-order valence-corrected chi connectivity index (χ0v) is 8.51. The van der Waals surface area contributed by atoms with Crippen LogP contribution in [0.3, 0.4) is 0 Å². The van der Waals surface area contributed by atoms with Crippen LogP contribution in [0.2, 0.25) is 0 Å². The SMILES string of the molecule is C=CC(O)c1cccc(C)c1Br. The van der Waals surface area contributed by atoms with Crippen LogP contribution in [0.5, 0.6) is 0 Å². The van der Waals surface area contributed by atoms with Crippen molar-refractivity contribution >= 4 is 15.9 Å². The van der Waals surface area contributed by atoms with Crippen molar-refractivity contribution in [1.29, 1.82) is 0 Å². The Kier molecular flexibility index (Phi) is 3.06. The summed E-state index contributed by atoms with van der Waals surface area (Å²) in [6.07, 6.45) is 0.929. The van der Waals surface area contributed by atoms with Crippen LogP contribution in [0.1, 0.15) is 17.2 Å². The molecule has 0 aliphatic heterocycles. The topological polar surface area (TPSA) is 20.2 Å². The van der Waals surface area contributed by atoms with E-state index in [-0.39, 0.29) is 0 Å². The molecule has 0 aromatic heterocycles. The van der Waals surface area contributed by atoms with Gasteiger partial charge in [0.05, 0.1) is 6.10 Å². The van der Waals surface area contributed by atoms with E-state index in [1.807, 2.05) is 25.1 Å². The number of aryl methyl sites for hydroxylation is 1. The minimum absolute atomic E-state index is 0.584. The van der Waals surface area contributed by atoms with Crippen LogP contribution < -0.4 is 0 Å². The first-order valence-corrected chi connectivity index (χ1v) is 4.51. The molecule has 0 aliphatic rings. The van der Waals surface area contributed by atoms with Gasteiger partial charge < -0.3 is 5.11 Å². The van der Waals surface area contributed by atoms with E-state index >= 15 is 0 Å². The van der Waals surface area contributed by atoms with E-state index in [1.165, 1.54) is 6.08 Å². The van der Waals surface area contributed by atoms with E-state index in [0.717, 1.165) is 15.6 Å². The molecule has 1 N–H and O–H groups in total. The number of hydrogen-bond acceptors (Lipinski definition) is 1. The van der Waals surface area contributed by atoms with Gasteiger partial charge in [-0.15, -0.1) is 6.58 Å². The van der Waals surface area contributed by atoms with Gasteiger partial charge in [0.15, 0.2) is 0 Å². The van der Waals surface area contributed by atoms with Crippen LogP contribution in [0, 0.1) is 6.92 Å². The van der Waals surface area contributed by atoms with E-state index in [1.54, 1.807) is 0 Å². The summed E-state index contributed by atoms with van der Waals surface area (Å²) in [6, 6.07) is 5.79. The van der Waals surface area contributed by atoms with Crippen molar-refractivity contribution in [3.8, 4) is 0 Å². The number of aliphatic hydroxyl groups is 1. The van der Waals surface area contributed by atoms with Crippen LogP contribution in [0.15, 0.2) is 35.3 Å². The highest BCUT2D eigenvalue weighted by atomic mass is 79.9. The molecule has 12 heavy (non-hydrogen) atoms. The first-order valence-electron chi connectivity index (χ1n) is 3.72. The lowest BCUT2D eigenvalue weighted by Gasteiger charge is -2.09. The third-order valence-corrected chi connectivity index (χ3v) is 2.85. The first-order chi connectivity index (χ1) is 5.66. The third-order valence-electron chi connectivity index (χ3n) is 1.76. The average Bonchev–Trinajstić information content (AvgIpc) is 2.08. The van der Waals surface area contributed by atoms with Gasteiger partial charge in [0, 0.05) is 4.47 Å². The van der Waals surface area contributed by atoms with Crippen LogP contribution in [0.25, 0.3) is 0 Å². The maximum atomic E-state index is 9.49. The van der Waals surface area contributed by atoms with Gasteiger partial charge in [-0.05, 0) is 18.1 Å². The fourth-order valence-electron chi connectivity index (χ4n) is 1.03. The highest BCUT2D eigenvalue weighted by Gasteiger charge is 2.07. The van der Waals surface area contributed by atoms with E-state index < -0.39 is 6.10 Å². The smallest absolute Gasteiger partial charge is 0.0980 e. The fraction of sp³-hybridized carbons (Fsp3) is 0.200. The van der Waals surface area contributed by atoms with Gasteiger partial charge in [-0.1, -0.05) is 40.2 Å². The Morgan fingerprint density at radius 1 is 1.58 bits per heavy atom. The Morgan fingerprint density at radius 2 is 2.25 bits per heavy atom. The largest absolute Gasteiger partial charge is 0.384 e. The molecule has 0 aliphatic carbocycles. The van der Waals surface area contributed by atoms with E-state index in [2.05, 4.69) is 22.5 Å². The van der Waals surface area contributed by atoms with E-state index in [4.69, 9.17) is 0 Å². The Balaban J connectivity index is 3.15. The molecule has 0 amide bonds. The van der Waals surface area contributed by atoms with E-state index in [9.17, 15) is 5.11 Å². The van der Waals surface area contributed by atoms with Gasteiger partial charge in [0.25, 0.3) is 0 Å². The zero-order valence-electron chi connectivity index (χ0n) is 6.92. The molecule has 64 valence electrons. The standard InChI is InChI=1S/C10H11BrO/c1-3-9(12)8-6-4-5-7(2)10(8)11/h3-6,9,12H,1H2,2H3. The van der Waals surface area contributed by atoms with Crippen molar-refractivity contribution in [2.75, 3.05) is 0 Å². The lowest BCUT2D eigenvalue weighted by molar-refractivity contribution is 0.228. The molecule has 0 radical (unpaired) electrons. The summed E-state index contributed by atoms with van der Waals surface area (Å²) in [6.45, 7) is 5.53. The minimum Gasteiger partial charge on any atom is -0.384 e. The molecule has 1 unspecified atom stereocenters. The normalized spacial score (nSPS) is 12.6. The second-order valence-electron chi connectivity index (χ2n) is 2.66. The predicted molar refractivity (Wildman–Crippen MR) is 54.0 cm³/mol. The molecule has 1 aromatic rings. The Morgan fingerprint density at radius 3 is 2.83 bits per heavy atom. The third kappa shape index (κ3) is 1.76. The van der Waals surface area contributed by atoms with Crippen molar-refractivity contribution < 1.29 is 5.11 Å². The quantitative estimate of drug-likeness (QED) is 0.770. The Labute approximate surface area is 80.9 Å². The van der Waals surface area contributed by atoms with Crippen molar-refractivity contribution in [3.05, 3.63) is 46.5 Å². The van der Waals surface area contributed by atoms with Gasteiger partial charge in [-0.25, -0.2) is 0 Å². The van der Waals surface area contributed by atoms with Crippen LogP contribution >= 0.6 is 15.9 Å². The molecule has 0 heterocycles. The number of benzene rings is 1. The summed E-state index contributed by atoms with van der Waals surface area (Å²) >= 11 is 3.41. The number of hydrogen-bond donors (Lipinski definition) is 1. The van der Waals surface area contributed by atoms with Gasteiger partial charge in [-0.3, -0.25) is 0 Å². The summed E-state index contributed by atoms with van der Waals surface area (Å²) in [7, 11) is 0. The highest BCUT2D eigenvalue weighted by Crippen LogP contribution is 2.26. The van der Waals surface area contributed by atoms with Crippen LogP contribution in [-0.2, 0) is 0 Å². The molecule has 0 bridgehead atoms. The van der Waals surface area contributed by atoms with Crippen molar-refractivity contribution in [2.24, 2.45) is 0 Å². The molecule has 2 heteroatoms. The van der Waals surface area contributed by atoms with Crippen molar-refractivity contribution in [2.45, 2.75) is 13.0 Å². The average molecular weight is 227 g/mol. The Bertz CT molecular complexity index is 294.